The standard InChI is InChI=1S/3H2O4S.H2O.2Tb/c3*1-5(2,3)4;;;/h3*(H2,1,2,3,4);1H2;;/q;;;;2*+3/p-6. The first-order valence-corrected chi connectivity index (χ1v) is 6.00. The van der Waals surface area contributed by atoms with Crippen LogP contribution in [-0.2, 0) is 31.2 Å². The Balaban J connectivity index is -0.0000000277. The van der Waals surface area contributed by atoms with E-state index in [0.717, 1.165) is 0 Å². The van der Waals surface area contributed by atoms with Gasteiger partial charge < -0.3 is 32.8 Å². The minimum Gasteiger partial charge on any atom is -0.759 e. The van der Waals surface area contributed by atoms with Crippen molar-refractivity contribution in [1.82, 2.24) is 0 Å². The quantitative estimate of drug-likeness (QED) is 0.181. The van der Waals surface area contributed by atoms with Crippen LogP contribution in [0.1, 0.15) is 0 Å². The minimum absolute atomic E-state index is 0. The predicted octanol–water partition coefficient (Wildman–Crippen LogP) is -4.84. The Morgan fingerprint density at radius 1 is 0.444 bits per heavy atom. The van der Waals surface area contributed by atoms with E-state index in [0.29, 0.717) is 0 Å². The fraction of sp³-hybridized carbons (Fsp3) is 0. The third-order valence-corrected chi connectivity index (χ3v) is 0. The molecular formula is H2O13S3Tb2. The van der Waals surface area contributed by atoms with Gasteiger partial charge in [-0.2, -0.15) is 0 Å². The zero-order valence-electron chi connectivity index (χ0n) is 7.29. The summed E-state index contributed by atoms with van der Waals surface area (Å²) >= 11 is 0. The van der Waals surface area contributed by atoms with E-state index in [-0.39, 0.29) is 82.7 Å². The van der Waals surface area contributed by atoms with Crippen molar-refractivity contribution in [2.24, 2.45) is 0 Å². The zero-order chi connectivity index (χ0) is 13.5. The average Bonchev–Trinajstić information content (AvgIpc) is 1.41. The largest absolute Gasteiger partial charge is 3.00 e. The van der Waals surface area contributed by atoms with Gasteiger partial charge in [-0.3, -0.25) is 25.3 Å². The maximum absolute atomic E-state index is 8.52. The molecular weight excluding hydrogens is 622 g/mol. The molecule has 0 aliphatic carbocycles. The molecule has 18 heteroatoms. The van der Waals surface area contributed by atoms with E-state index in [2.05, 4.69) is 0 Å². The molecule has 0 atom stereocenters. The van der Waals surface area contributed by atoms with Gasteiger partial charge in [-0.25, -0.2) is 0 Å². The molecule has 0 aromatic carbocycles. The number of hydrogen-bond donors (Lipinski definition) is 0. The summed E-state index contributed by atoms with van der Waals surface area (Å²) in [6.07, 6.45) is 0. The average molecular weight is 624 g/mol. The van der Waals surface area contributed by atoms with Gasteiger partial charge in [0.1, 0.15) is 0 Å². The molecule has 0 saturated carbocycles. The molecule has 0 fully saturated rings. The van der Waals surface area contributed by atoms with Crippen LogP contribution in [0, 0.1) is 77.2 Å². The maximum Gasteiger partial charge on any atom is 3.00 e. The van der Waals surface area contributed by atoms with E-state index in [4.69, 9.17) is 52.6 Å². The van der Waals surface area contributed by atoms with Crippen LogP contribution in [0.15, 0.2) is 0 Å². The van der Waals surface area contributed by atoms with E-state index in [1.54, 1.807) is 0 Å². The molecule has 0 radical (unpaired) electrons. The molecule has 0 amide bonds. The van der Waals surface area contributed by atoms with Gasteiger partial charge in [0, 0.05) is 31.2 Å². The van der Waals surface area contributed by atoms with Crippen molar-refractivity contribution in [3.63, 3.8) is 0 Å². The Morgan fingerprint density at radius 2 is 0.444 bits per heavy atom. The van der Waals surface area contributed by atoms with Crippen LogP contribution in [0.3, 0.4) is 0 Å². The smallest absolute Gasteiger partial charge is 0.759 e. The molecule has 2 N–H and O–H groups in total. The Kier molecular flexibility index (Phi) is 31.8. The van der Waals surface area contributed by atoms with Gasteiger partial charge in [0.15, 0.2) is 0 Å². The summed E-state index contributed by atoms with van der Waals surface area (Å²) in [5, 5.41) is 0. The number of hydrogen-bond acceptors (Lipinski definition) is 12. The molecule has 0 aliphatic rings. The van der Waals surface area contributed by atoms with Crippen molar-refractivity contribution < 1.29 is 135 Å². The second-order valence-electron chi connectivity index (χ2n) is 1.22. The maximum atomic E-state index is 8.52. The Morgan fingerprint density at radius 3 is 0.444 bits per heavy atom. The molecule has 0 spiro atoms. The van der Waals surface area contributed by atoms with Gasteiger partial charge in [-0.1, -0.05) is 0 Å². The van der Waals surface area contributed by atoms with Gasteiger partial charge in [0.05, 0.1) is 0 Å². The van der Waals surface area contributed by atoms with Gasteiger partial charge in [0.2, 0.25) is 0 Å². The zero-order valence-corrected chi connectivity index (χ0v) is 14.0. The van der Waals surface area contributed by atoms with E-state index >= 15 is 0 Å². The number of rotatable bonds is 0. The molecule has 0 aliphatic heterocycles. The van der Waals surface area contributed by atoms with Crippen molar-refractivity contribution in [1.29, 1.82) is 0 Å². The third-order valence-electron chi connectivity index (χ3n) is 0. The second kappa shape index (κ2) is 15.5. The molecule has 116 valence electrons. The van der Waals surface area contributed by atoms with E-state index in [1.165, 1.54) is 0 Å². The molecule has 0 saturated heterocycles. The molecule has 0 heterocycles. The summed E-state index contributed by atoms with van der Waals surface area (Å²) in [7, 11) is -15.5. The summed E-state index contributed by atoms with van der Waals surface area (Å²) in [5.41, 5.74) is 0. The first-order chi connectivity index (χ1) is 6.00. The first kappa shape index (κ1) is 36.9. The summed E-state index contributed by atoms with van der Waals surface area (Å²) in [4.78, 5) is 0. The molecule has 18 heavy (non-hydrogen) atoms. The third kappa shape index (κ3) is 1160. The van der Waals surface area contributed by atoms with Crippen molar-refractivity contribution in [3.8, 4) is 0 Å². The Hall–Kier alpha value is 2.14. The SMILES string of the molecule is O.O=S(=O)([O-])[O-].O=S(=O)([O-])[O-].O=S(=O)([O-])[O-].[Tb+3].[Tb+3]. The minimum atomic E-state index is -5.17. The van der Waals surface area contributed by atoms with Crippen LogP contribution < -0.4 is 0 Å². The summed E-state index contributed by atoms with van der Waals surface area (Å²) < 4.78 is 102. The van der Waals surface area contributed by atoms with Crippen molar-refractivity contribution >= 4 is 31.2 Å². The van der Waals surface area contributed by atoms with Crippen LogP contribution >= 0.6 is 0 Å². The molecule has 13 nitrogen and oxygen atoms in total. The predicted molar refractivity (Wildman–Crippen MR) is 35.0 cm³/mol. The van der Waals surface area contributed by atoms with Crippen LogP contribution in [0.25, 0.3) is 0 Å². The summed E-state index contributed by atoms with van der Waals surface area (Å²) in [6, 6.07) is 0. The fourth-order valence-corrected chi connectivity index (χ4v) is 0. The van der Waals surface area contributed by atoms with Gasteiger partial charge >= 0.3 is 77.2 Å². The van der Waals surface area contributed by atoms with E-state index in [1.807, 2.05) is 0 Å². The summed E-state index contributed by atoms with van der Waals surface area (Å²) in [5.74, 6) is 0. The Bertz CT molecular complexity index is 341. The monoisotopic (exact) mass is 624 g/mol. The van der Waals surface area contributed by atoms with Crippen molar-refractivity contribution in [2.45, 2.75) is 0 Å². The molecule has 0 aromatic rings. The fourth-order valence-electron chi connectivity index (χ4n) is 0. The van der Waals surface area contributed by atoms with Gasteiger partial charge in [0.25, 0.3) is 0 Å². The molecule has 0 rings (SSSR count). The van der Waals surface area contributed by atoms with Gasteiger partial charge in [-0.15, -0.1) is 0 Å². The summed E-state index contributed by atoms with van der Waals surface area (Å²) in [6.45, 7) is 0. The van der Waals surface area contributed by atoms with Crippen LogP contribution in [0.2, 0.25) is 0 Å². The normalized spacial score (nSPS) is 9.67. The van der Waals surface area contributed by atoms with Crippen LogP contribution in [0.4, 0.5) is 0 Å². The molecule has 0 aromatic heterocycles. The topological polar surface area (TPSA) is 272 Å². The second-order valence-corrected chi connectivity index (χ2v) is 3.67. The molecule has 0 unspecified atom stereocenters. The van der Waals surface area contributed by atoms with Gasteiger partial charge in [-0.05, 0) is 0 Å². The molecule has 0 bridgehead atoms. The van der Waals surface area contributed by atoms with E-state index < -0.39 is 31.2 Å². The Labute approximate surface area is 164 Å². The van der Waals surface area contributed by atoms with Crippen LogP contribution in [-0.4, -0.2) is 58.0 Å². The van der Waals surface area contributed by atoms with Crippen LogP contribution in [0.5, 0.6) is 0 Å². The van der Waals surface area contributed by atoms with Crippen molar-refractivity contribution in [2.75, 3.05) is 0 Å². The van der Waals surface area contributed by atoms with Crippen molar-refractivity contribution in [3.05, 3.63) is 0 Å². The first-order valence-electron chi connectivity index (χ1n) is 2.00. The van der Waals surface area contributed by atoms with E-state index in [9.17, 15) is 0 Å².